The molecule has 166 valence electrons. The van der Waals surface area contributed by atoms with Gasteiger partial charge in [0.05, 0.1) is 22.2 Å². The zero-order valence-corrected chi connectivity index (χ0v) is 17.2. The first-order chi connectivity index (χ1) is 15.3. The van der Waals surface area contributed by atoms with E-state index < -0.39 is 24.0 Å². The lowest BCUT2D eigenvalue weighted by Crippen LogP contribution is -2.32. The van der Waals surface area contributed by atoms with Gasteiger partial charge in [-0.2, -0.15) is 18.4 Å². The predicted octanol–water partition coefficient (Wildman–Crippen LogP) is 5.70. The fraction of sp³-hybridized carbons (Fsp3) is 0.333. The first-order valence-corrected chi connectivity index (χ1v) is 10.1. The van der Waals surface area contributed by atoms with Gasteiger partial charge in [-0.1, -0.05) is 17.7 Å². The van der Waals surface area contributed by atoms with Gasteiger partial charge in [0.25, 0.3) is 0 Å². The van der Waals surface area contributed by atoms with Crippen LogP contribution in [0.15, 0.2) is 30.6 Å². The molecule has 3 aromatic rings. The SMILES string of the molecule is N#Cc1nc(-c2c(F)cccc2Cl)[nH]c1-c1cnc(OC2CCC(C(F)(F)F)CC2)nc1. The third kappa shape index (κ3) is 4.53. The summed E-state index contributed by atoms with van der Waals surface area (Å²) in [5.41, 5.74) is 0.717. The number of nitriles is 1. The van der Waals surface area contributed by atoms with E-state index in [1.807, 2.05) is 6.07 Å². The van der Waals surface area contributed by atoms with Crippen LogP contribution in [-0.4, -0.2) is 32.2 Å². The van der Waals surface area contributed by atoms with Crippen molar-refractivity contribution in [1.29, 1.82) is 5.26 Å². The maximum Gasteiger partial charge on any atom is 0.391 e. The lowest BCUT2D eigenvalue weighted by Gasteiger charge is -2.29. The second-order valence-corrected chi connectivity index (χ2v) is 7.81. The molecular formula is C21H16ClF4N5O. The molecule has 0 saturated heterocycles. The largest absolute Gasteiger partial charge is 0.460 e. The Balaban J connectivity index is 1.50. The lowest BCUT2D eigenvalue weighted by atomic mass is 9.87. The van der Waals surface area contributed by atoms with Crippen LogP contribution in [0.4, 0.5) is 17.6 Å². The van der Waals surface area contributed by atoms with Crippen LogP contribution in [0.25, 0.3) is 22.6 Å². The molecule has 11 heteroatoms. The molecule has 0 unspecified atom stereocenters. The molecule has 0 atom stereocenters. The summed E-state index contributed by atoms with van der Waals surface area (Å²) in [6, 6.07) is 6.15. The summed E-state index contributed by atoms with van der Waals surface area (Å²) in [5.74, 6) is -1.81. The molecule has 0 spiro atoms. The molecule has 2 aromatic heterocycles. The fourth-order valence-electron chi connectivity index (χ4n) is 3.67. The number of H-pyrrole nitrogens is 1. The van der Waals surface area contributed by atoms with Crippen molar-refractivity contribution < 1.29 is 22.3 Å². The summed E-state index contributed by atoms with van der Waals surface area (Å²) < 4.78 is 58.2. The van der Waals surface area contributed by atoms with E-state index in [1.165, 1.54) is 30.6 Å². The van der Waals surface area contributed by atoms with Crippen molar-refractivity contribution in [2.24, 2.45) is 5.92 Å². The number of imidazole rings is 1. The maximum absolute atomic E-state index is 14.2. The Kier molecular flexibility index (Phi) is 6.02. The average molecular weight is 466 g/mol. The van der Waals surface area contributed by atoms with Crippen molar-refractivity contribution in [2.75, 3.05) is 0 Å². The van der Waals surface area contributed by atoms with E-state index in [4.69, 9.17) is 16.3 Å². The van der Waals surface area contributed by atoms with Crippen molar-refractivity contribution in [2.45, 2.75) is 38.0 Å². The summed E-state index contributed by atoms with van der Waals surface area (Å²) in [6.07, 6.45) is -1.24. The molecule has 4 rings (SSSR count). The number of rotatable bonds is 4. The second kappa shape index (κ2) is 8.74. The molecule has 6 nitrogen and oxygen atoms in total. The number of nitrogens with one attached hydrogen (secondary N) is 1. The van der Waals surface area contributed by atoms with E-state index in [0.717, 1.165) is 0 Å². The molecule has 0 amide bonds. The molecule has 1 aliphatic rings. The number of alkyl halides is 3. The van der Waals surface area contributed by atoms with Gasteiger partial charge >= 0.3 is 12.2 Å². The number of benzene rings is 1. The third-order valence-electron chi connectivity index (χ3n) is 5.34. The smallest absolute Gasteiger partial charge is 0.391 e. The van der Waals surface area contributed by atoms with Crippen LogP contribution in [0.2, 0.25) is 5.02 Å². The second-order valence-electron chi connectivity index (χ2n) is 7.40. The van der Waals surface area contributed by atoms with Gasteiger partial charge in [-0.3, -0.25) is 0 Å². The first kappa shape index (κ1) is 22.0. The van der Waals surface area contributed by atoms with Gasteiger partial charge in [0.15, 0.2) is 5.69 Å². The molecule has 1 N–H and O–H groups in total. The van der Waals surface area contributed by atoms with E-state index >= 15 is 0 Å². The number of aromatic nitrogens is 4. The number of hydrogen-bond donors (Lipinski definition) is 1. The monoisotopic (exact) mass is 465 g/mol. The van der Waals surface area contributed by atoms with Crippen molar-refractivity contribution in [1.82, 2.24) is 19.9 Å². The van der Waals surface area contributed by atoms with Crippen LogP contribution >= 0.6 is 11.6 Å². The summed E-state index contributed by atoms with van der Waals surface area (Å²) in [5, 5.41) is 9.56. The van der Waals surface area contributed by atoms with Crippen LogP contribution in [0.3, 0.4) is 0 Å². The van der Waals surface area contributed by atoms with E-state index in [1.54, 1.807) is 0 Å². The van der Waals surface area contributed by atoms with E-state index in [2.05, 4.69) is 19.9 Å². The Morgan fingerprint density at radius 2 is 1.81 bits per heavy atom. The van der Waals surface area contributed by atoms with Crippen molar-refractivity contribution in [3.63, 3.8) is 0 Å². The topological polar surface area (TPSA) is 87.5 Å². The minimum absolute atomic E-state index is 0.00191. The Labute approximate surface area is 185 Å². The summed E-state index contributed by atoms with van der Waals surface area (Å²) in [7, 11) is 0. The Bertz CT molecular complexity index is 1130. The Morgan fingerprint density at radius 3 is 2.41 bits per heavy atom. The normalized spacial score (nSPS) is 18.9. The number of ether oxygens (including phenoxy) is 1. The molecule has 0 bridgehead atoms. The zero-order chi connectivity index (χ0) is 22.9. The highest BCUT2D eigenvalue weighted by Gasteiger charge is 2.41. The van der Waals surface area contributed by atoms with Crippen LogP contribution in [0, 0.1) is 23.1 Å². The first-order valence-electron chi connectivity index (χ1n) is 9.76. The van der Waals surface area contributed by atoms with Gasteiger partial charge in [0.1, 0.15) is 23.8 Å². The molecule has 1 aromatic carbocycles. The van der Waals surface area contributed by atoms with Crippen molar-refractivity contribution in [3.05, 3.63) is 47.1 Å². The van der Waals surface area contributed by atoms with Gasteiger partial charge in [-0.25, -0.2) is 19.3 Å². The number of halogens is 5. The molecule has 32 heavy (non-hydrogen) atoms. The minimum Gasteiger partial charge on any atom is -0.460 e. The molecule has 1 aliphatic carbocycles. The minimum atomic E-state index is -4.18. The Morgan fingerprint density at radius 1 is 1.12 bits per heavy atom. The molecular weight excluding hydrogens is 450 g/mol. The highest BCUT2D eigenvalue weighted by Crippen LogP contribution is 2.38. The van der Waals surface area contributed by atoms with Crippen LogP contribution in [0.5, 0.6) is 6.01 Å². The van der Waals surface area contributed by atoms with Gasteiger partial charge in [-0.15, -0.1) is 0 Å². The molecule has 2 heterocycles. The van der Waals surface area contributed by atoms with Crippen molar-refractivity contribution in [3.8, 4) is 34.7 Å². The summed E-state index contributed by atoms with van der Waals surface area (Å²) in [6.45, 7) is 0. The Hall–Kier alpha value is -3.19. The van der Waals surface area contributed by atoms with Gasteiger partial charge in [0.2, 0.25) is 0 Å². The highest BCUT2D eigenvalue weighted by atomic mass is 35.5. The van der Waals surface area contributed by atoms with Crippen LogP contribution in [-0.2, 0) is 0 Å². The van der Waals surface area contributed by atoms with Gasteiger partial charge in [0, 0.05) is 18.0 Å². The van der Waals surface area contributed by atoms with E-state index in [0.29, 0.717) is 5.56 Å². The highest BCUT2D eigenvalue weighted by molar-refractivity contribution is 6.33. The molecule has 0 radical (unpaired) electrons. The maximum atomic E-state index is 14.2. The van der Waals surface area contributed by atoms with Crippen LogP contribution in [0.1, 0.15) is 31.4 Å². The number of hydrogen-bond acceptors (Lipinski definition) is 5. The summed E-state index contributed by atoms with van der Waals surface area (Å²) >= 11 is 6.08. The van der Waals surface area contributed by atoms with Crippen LogP contribution < -0.4 is 4.74 Å². The molecule has 1 fully saturated rings. The molecule has 0 aliphatic heterocycles. The summed E-state index contributed by atoms with van der Waals surface area (Å²) in [4.78, 5) is 15.2. The van der Waals surface area contributed by atoms with Gasteiger partial charge < -0.3 is 9.72 Å². The van der Waals surface area contributed by atoms with E-state index in [9.17, 15) is 22.8 Å². The average Bonchev–Trinajstić information content (AvgIpc) is 3.18. The lowest BCUT2D eigenvalue weighted by molar-refractivity contribution is -0.185. The van der Waals surface area contributed by atoms with E-state index in [-0.39, 0.29) is 59.5 Å². The van der Waals surface area contributed by atoms with Crippen molar-refractivity contribution >= 4 is 11.6 Å². The third-order valence-corrected chi connectivity index (χ3v) is 5.65. The number of nitrogens with zero attached hydrogens (tertiary/aromatic N) is 4. The predicted molar refractivity (Wildman–Crippen MR) is 107 cm³/mol. The standard InChI is InChI=1S/C21H16ClF4N5O/c22-14-2-1-3-15(23)17(14)19-30-16(8-27)18(31-19)11-9-28-20(29-10-11)32-13-6-4-12(5-7-13)21(24,25)26/h1-3,9-10,12-13H,4-7H2,(H,30,31). The quantitative estimate of drug-likeness (QED) is 0.499. The molecule has 1 saturated carbocycles. The zero-order valence-electron chi connectivity index (χ0n) is 16.5. The fourth-order valence-corrected chi connectivity index (χ4v) is 3.92. The number of aromatic amines is 1. The van der Waals surface area contributed by atoms with Gasteiger partial charge in [-0.05, 0) is 37.8 Å².